The first-order valence-electron chi connectivity index (χ1n) is 4.75. The van der Waals surface area contributed by atoms with Crippen LogP contribution in [-0.4, -0.2) is 37.8 Å². The average molecular weight is 218 g/mol. The predicted molar refractivity (Wildman–Crippen MR) is 54.5 cm³/mol. The Kier molecular flexibility index (Phi) is 3.17. The van der Waals surface area contributed by atoms with Gasteiger partial charge in [-0.1, -0.05) is 0 Å². The Bertz CT molecular complexity index is 440. The molecule has 0 saturated carbocycles. The van der Waals surface area contributed by atoms with Gasteiger partial charge in [0.15, 0.2) is 0 Å². The second-order valence-corrected chi connectivity index (χ2v) is 3.07. The van der Waals surface area contributed by atoms with Crippen LogP contribution in [0.25, 0.3) is 0 Å². The molecule has 2 rings (SSSR count). The highest BCUT2D eigenvalue weighted by molar-refractivity contribution is 5.93. The Morgan fingerprint density at radius 3 is 3.06 bits per heavy atom. The summed E-state index contributed by atoms with van der Waals surface area (Å²) < 4.78 is 0. The molecule has 1 amide bonds. The number of nitrogens with zero attached hydrogens (tertiary/aromatic N) is 4. The van der Waals surface area contributed by atoms with Crippen LogP contribution in [0.2, 0.25) is 0 Å². The lowest BCUT2D eigenvalue weighted by atomic mass is 10.3. The van der Waals surface area contributed by atoms with E-state index in [1.165, 1.54) is 18.7 Å². The van der Waals surface area contributed by atoms with Gasteiger partial charge in [0.05, 0.1) is 18.0 Å². The molecule has 0 atom stereocenters. The second kappa shape index (κ2) is 4.96. The first kappa shape index (κ1) is 10.2. The molecule has 0 fully saturated rings. The fraction of sp³-hybridized carbons (Fsp3) is 0.222. The number of hydrogen-bond acceptors (Lipinski definition) is 5. The molecule has 2 aromatic heterocycles. The molecule has 0 aromatic carbocycles. The molecule has 82 valence electrons. The van der Waals surface area contributed by atoms with Crippen molar-refractivity contribution in [1.82, 2.24) is 30.7 Å². The third-order valence-corrected chi connectivity index (χ3v) is 1.96. The van der Waals surface area contributed by atoms with Crippen molar-refractivity contribution in [2.75, 3.05) is 6.54 Å². The number of hydrogen-bond donors (Lipinski definition) is 2. The van der Waals surface area contributed by atoms with E-state index in [-0.39, 0.29) is 5.91 Å². The van der Waals surface area contributed by atoms with Crippen LogP contribution in [-0.2, 0) is 6.42 Å². The van der Waals surface area contributed by atoms with Gasteiger partial charge in [-0.25, -0.2) is 4.98 Å². The van der Waals surface area contributed by atoms with E-state index in [4.69, 9.17) is 0 Å². The monoisotopic (exact) mass is 218 g/mol. The Labute approximate surface area is 91.3 Å². The van der Waals surface area contributed by atoms with E-state index in [9.17, 15) is 4.79 Å². The molecule has 0 aliphatic carbocycles. The molecule has 0 saturated heterocycles. The van der Waals surface area contributed by atoms with Crippen LogP contribution in [0.3, 0.4) is 0 Å². The van der Waals surface area contributed by atoms with Crippen LogP contribution in [0.15, 0.2) is 24.8 Å². The van der Waals surface area contributed by atoms with Crippen LogP contribution in [0.4, 0.5) is 0 Å². The van der Waals surface area contributed by atoms with E-state index in [2.05, 4.69) is 30.7 Å². The van der Waals surface area contributed by atoms with Crippen molar-refractivity contribution in [3.63, 3.8) is 0 Å². The number of H-pyrrole nitrogens is 1. The molecule has 16 heavy (non-hydrogen) atoms. The SMILES string of the molecule is O=C(NCCc1ncn[nH]1)c1ccnnc1. The highest BCUT2D eigenvalue weighted by Gasteiger charge is 2.04. The maximum absolute atomic E-state index is 11.5. The van der Waals surface area contributed by atoms with Gasteiger partial charge in [0.1, 0.15) is 12.2 Å². The van der Waals surface area contributed by atoms with E-state index in [0.717, 1.165) is 5.82 Å². The lowest BCUT2D eigenvalue weighted by Gasteiger charge is -2.02. The van der Waals surface area contributed by atoms with Crippen molar-refractivity contribution in [2.45, 2.75) is 6.42 Å². The van der Waals surface area contributed by atoms with Crippen LogP contribution in [0.5, 0.6) is 0 Å². The highest BCUT2D eigenvalue weighted by atomic mass is 16.1. The molecule has 7 heteroatoms. The van der Waals surface area contributed by atoms with E-state index in [1.807, 2.05) is 0 Å². The molecule has 0 radical (unpaired) electrons. The fourth-order valence-corrected chi connectivity index (χ4v) is 1.17. The maximum Gasteiger partial charge on any atom is 0.252 e. The molecule has 2 aromatic rings. The maximum atomic E-state index is 11.5. The zero-order chi connectivity index (χ0) is 11.2. The van der Waals surface area contributed by atoms with Gasteiger partial charge in [0.25, 0.3) is 5.91 Å². The quantitative estimate of drug-likeness (QED) is 0.725. The summed E-state index contributed by atoms with van der Waals surface area (Å²) in [5.41, 5.74) is 0.493. The molecule has 0 aliphatic rings. The van der Waals surface area contributed by atoms with Gasteiger partial charge >= 0.3 is 0 Å². The van der Waals surface area contributed by atoms with Gasteiger partial charge in [-0.15, -0.1) is 0 Å². The van der Waals surface area contributed by atoms with E-state index in [0.29, 0.717) is 18.5 Å². The van der Waals surface area contributed by atoms with Gasteiger partial charge in [0, 0.05) is 13.0 Å². The van der Waals surface area contributed by atoms with Crippen LogP contribution in [0.1, 0.15) is 16.2 Å². The molecule has 0 bridgehead atoms. The van der Waals surface area contributed by atoms with Crippen molar-refractivity contribution in [1.29, 1.82) is 0 Å². The Balaban J connectivity index is 1.81. The first-order chi connectivity index (χ1) is 7.86. The molecule has 7 nitrogen and oxygen atoms in total. The summed E-state index contributed by atoms with van der Waals surface area (Å²) in [5, 5.41) is 16.4. The summed E-state index contributed by atoms with van der Waals surface area (Å²) in [6, 6.07) is 1.61. The molecule has 0 spiro atoms. The lowest BCUT2D eigenvalue weighted by molar-refractivity contribution is 0.0953. The number of amides is 1. The van der Waals surface area contributed by atoms with Crippen molar-refractivity contribution in [2.24, 2.45) is 0 Å². The smallest absolute Gasteiger partial charge is 0.252 e. The molecule has 0 unspecified atom stereocenters. The number of carbonyl (C=O) groups excluding carboxylic acids is 1. The Hall–Kier alpha value is -2.31. The highest BCUT2D eigenvalue weighted by Crippen LogP contribution is 1.93. The van der Waals surface area contributed by atoms with E-state index >= 15 is 0 Å². The third-order valence-electron chi connectivity index (χ3n) is 1.96. The molecule has 2 heterocycles. The second-order valence-electron chi connectivity index (χ2n) is 3.07. The lowest BCUT2D eigenvalue weighted by Crippen LogP contribution is -2.26. The minimum atomic E-state index is -0.172. The fourth-order valence-electron chi connectivity index (χ4n) is 1.17. The minimum Gasteiger partial charge on any atom is -0.352 e. The standard InChI is InChI=1S/C9H10N6O/c16-9(7-1-4-12-13-5-7)10-3-2-8-11-6-14-15-8/h1,4-6H,2-3H2,(H,10,16)(H,11,14,15). The molecular formula is C9H10N6O. The van der Waals surface area contributed by atoms with Gasteiger partial charge in [-0.2, -0.15) is 15.3 Å². The van der Waals surface area contributed by atoms with E-state index < -0.39 is 0 Å². The van der Waals surface area contributed by atoms with Crippen molar-refractivity contribution in [3.8, 4) is 0 Å². The zero-order valence-electron chi connectivity index (χ0n) is 8.42. The zero-order valence-corrected chi connectivity index (χ0v) is 8.42. The van der Waals surface area contributed by atoms with Crippen LogP contribution in [0, 0.1) is 0 Å². The van der Waals surface area contributed by atoms with Crippen molar-refractivity contribution in [3.05, 3.63) is 36.2 Å². The van der Waals surface area contributed by atoms with Gasteiger partial charge in [0.2, 0.25) is 0 Å². The number of rotatable bonds is 4. The normalized spacial score (nSPS) is 10.0. The summed E-state index contributed by atoms with van der Waals surface area (Å²) >= 11 is 0. The van der Waals surface area contributed by atoms with Crippen LogP contribution >= 0.6 is 0 Å². The summed E-state index contributed by atoms with van der Waals surface area (Å²) in [6.45, 7) is 0.496. The predicted octanol–water partition coefficient (Wildman–Crippen LogP) is -0.433. The number of aromatic amines is 1. The van der Waals surface area contributed by atoms with Crippen molar-refractivity contribution >= 4 is 5.91 Å². The third kappa shape index (κ3) is 2.59. The summed E-state index contributed by atoms with van der Waals surface area (Å²) in [4.78, 5) is 15.5. The summed E-state index contributed by atoms with van der Waals surface area (Å²) in [7, 11) is 0. The number of nitrogens with one attached hydrogen (secondary N) is 2. The number of aromatic nitrogens is 5. The molecular weight excluding hydrogens is 208 g/mol. The van der Waals surface area contributed by atoms with Gasteiger partial charge in [-0.3, -0.25) is 9.89 Å². The van der Waals surface area contributed by atoms with Gasteiger partial charge < -0.3 is 5.32 Å². The van der Waals surface area contributed by atoms with Crippen molar-refractivity contribution < 1.29 is 4.79 Å². The largest absolute Gasteiger partial charge is 0.352 e. The Morgan fingerprint density at radius 1 is 1.44 bits per heavy atom. The first-order valence-corrected chi connectivity index (χ1v) is 4.75. The minimum absolute atomic E-state index is 0.172. The molecule has 0 aliphatic heterocycles. The average Bonchev–Trinajstić information content (AvgIpc) is 2.83. The molecule has 2 N–H and O–H groups in total. The van der Waals surface area contributed by atoms with Gasteiger partial charge in [-0.05, 0) is 6.07 Å². The summed E-state index contributed by atoms with van der Waals surface area (Å²) in [6.07, 6.45) is 4.95. The summed E-state index contributed by atoms with van der Waals surface area (Å²) in [5.74, 6) is 0.572. The van der Waals surface area contributed by atoms with Crippen LogP contribution < -0.4 is 5.32 Å². The topological polar surface area (TPSA) is 96.5 Å². The number of carbonyl (C=O) groups is 1. The Morgan fingerprint density at radius 2 is 2.38 bits per heavy atom. The van der Waals surface area contributed by atoms with E-state index in [1.54, 1.807) is 6.07 Å².